The lowest BCUT2D eigenvalue weighted by atomic mass is 9.82. The van der Waals surface area contributed by atoms with Crippen molar-refractivity contribution >= 4 is 11.4 Å². The number of nitrogens with one attached hydrogen (secondary N) is 1. The summed E-state index contributed by atoms with van der Waals surface area (Å²) in [7, 11) is 1.81. The lowest BCUT2D eigenvalue weighted by molar-refractivity contribution is -0.384. The summed E-state index contributed by atoms with van der Waals surface area (Å²) in [6.07, 6.45) is 3.67. The number of nitro benzene ring substituents is 1. The van der Waals surface area contributed by atoms with Gasteiger partial charge in [0.1, 0.15) is 0 Å². The number of nitrogens with zero attached hydrogens (tertiary/aromatic N) is 1. The van der Waals surface area contributed by atoms with Crippen LogP contribution in [0.2, 0.25) is 0 Å². The van der Waals surface area contributed by atoms with Gasteiger partial charge in [0, 0.05) is 30.4 Å². The first-order valence-corrected chi connectivity index (χ1v) is 7.56. The number of benzene rings is 1. The lowest BCUT2D eigenvalue weighted by Gasteiger charge is -2.31. The van der Waals surface area contributed by atoms with Crippen LogP contribution in [0, 0.1) is 22.0 Å². The van der Waals surface area contributed by atoms with Gasteiger partial charge in [0.2, 0.25) is 0 Å². The molecule has 1 fully saturated rings. The molecule has 0 bridgehead atoms. The third kappa shape index (κ3) is 4.17. The minimum atomic E-state index is -0.367. The number of rotatable bonds is 5. The van der Waals surface area contributed by atoms with Crippen LogP contribution in [0.1, 0.15) is 38.7 Å². The fraction of sp³-hybridized carbons (Fsp3) is 0.625. The van der Waals surface area contributed by atoms with Gasteiger partial charge in [-0.25, -0.2) is 0 Å². The highest BCUT2D eigenvalue weighted by Crippen LogP contribution is 2.31. The number of anilines is 1. The molecule has 116 valence electrons. The summed E-state index contributed by atoms with van der Waals surface area (Å²) in [5.41, 5.74) is 1.84. The van der Waals surface area contributed by atoms with Crippen molar-refractivity contribution in [2.45, 2.75) is 45.8 Å². The van der Waals surface area contributed by atoms with E-state index in [4.69, 9.17) is 4.74 Å². The summed E-state index contributed by atoms with van der Waals surface area (Å²) in [6.45, 7) is 4.94. The van der Waals surface area contributed by atoms with E-state index in [2.05, 4.69) is 19.2 Å². The Morgan fingerprint density at radius 2 is 1.95 bits per heavy atom. The average Bonchev–Trinajstić information content (AvgIpc) is 2.43. The van der Waals surface area contributed by atoms with Gasteiger partial charge in [-0.05, 0) is 37.2 Å². The van der Waals surface area contributed by atoms with E-state index in [-0.39, 0.29) is 16.7 Å². The van der Waals surface area contributed by atoms with E-state index in [1.807, 2.05) is 7.05 Å². The van der Waals surface area contributed by atoms with E-state index >= 15 is 0 Å². The molecular weight excluding hydrogens is 268 g/mol. The molecule has 0 radical (unpaired) electrons. The monoisotopic (exact) mass is 292 g/mol. The zero-order valence-corrected chi connectivity index (χ0v) is 13.0. The van der Waals surface area contributed by atoms with Crippen LogP contribution in [0.25, 0.3) is 0 Å². The molecule has 0 aliphatic heterocycles. The molecule has 0 spiro atoms. The predicted octanol–water partition coefficient (Wildman–Crippen LogP) is 3.98. The maximum atomic E-state index is 10.9. The lowest BCUT2D eigenvalue weighted by Crippen LogP contribution is -2.26. The van der Waals surface area contributed by atoms with E-state index in [1.165, 1.54) is 12.5 Å². The Labute approximate surface area is 125 Å². The molecule has 1 aliphatic rings. The first-order valence-electron chi connectivity index (χ1n) is 7.56. The van der Waals surface area contributed by atoms with Crippen molar-refractivity contribution < 1.29 is 9.66 Å². The summed E-state index contributed by atoms with van der Waals surface area (Å²) < 4.78 is 6.02. The zero-order chi connectivity index (χ0) is 15.4. The van der Waals surface area contributed by atoms with Gasteiger partial charge in [0.15, 0.2) is 0 Å². The number of non-ortho nitro benzene ring substituents is 1. The van der Waals surface area contributed by atoms with E-state index in [9.17, 15) is 10.1 Å². The van der Waals surface area contributed by atoms with Crippen molar-refractivity contribution in [1.29, 1.82) is 0 Å². The van der Waals surface area contributed by atoms with Crippen LogP contribution in [0.5, 0.6) is 0 Å². The van der Waals surface area contributed by atoms with Crippen molar-refractivity contribution in [1.82, 2.24) is 0 Å². The maximum Gasteiger partial charge on any atom is 0.269 e. The van der Waals surface area contributed by atoms with Gasteiger partial charge in [0.25, 0.3) is 5.69 Å². The molecule has 2 unspecified atom stereocenters. The number of hydrogen-bond donors (Lipinski definition) is 1. The molecule has 1 aromatic rings. The van der Waals surface area contributed by atoms with Crippen molar-refractivity contribution in [3.63, 3.8) is 0 Å². The predicted molar refractivity (Wildman–Crippen MR) is 83.4 cm³/mol. The van der Waals surface area contributed by atoms with Crippen LogP contribution in [-0.4, -0.2) is 18.1 Å². The van der Waals surface area contributed by atoms with Crippen LogP contribution < -0.4 is 5.32 Å². The Morgan fingerprint density at radius 3 is 2.52 bits per heavy atom. The first kappa shape index (κ1) is 15.8. The Balaban J connectivity index is 2.04. The maximum absolute atomic E-state index is 10.9. The highest BCUT2D eigenvalue weighted by Gasteiger charge is 2.24. The molecule has 0 amide bonds. The van der Waals surface area contributed by atoms with Gasteiger partial charge in [-0.3, -0.25) is 10.1 Å². The highest BCUT2D eigenvalue weighted by molar-refractivity contribution is 5.55. The molecule has 5 nitrogen and oxygen atoms in total. The molecule has 0 aromatic heterocycles. The third-order valence-electron chi connectivity index (χ3n) is 4.18. The van der Waals surface area contributed by atoms with E-state index in [1.54, 1.807) is 12.1 Å². The third-order valence-corrected chi connectivity index (χ3v) is 4.18. The molecule has 5 heteroatoms. The van der Waals surface area contributed by atoms with Crippen molar-refractivity contribution in [3.8, 4) is 0 Å². The average molecular weight is 292 g/mol. The summed E-state index contributed by atoms with van der Waals surface area (Å²) in [4.78, 5) is 10.5. The second-order valence-corrected chi connectivity index (χ2v) is 6.20. The van der Waals surface area contributed by atoms with Gasteiger partial charge < -0.3 is 10.1 Å². The van der Waals surface area contributed by atoms with Crippen LogP contribution in [-0.2, 0) is 11.3 Å². The summed E-state index contributed by atoms with van der Waals surface area (Å²) >= 11 is 0. The van der Waals surface area contributed by atoms with Crippen LogP contribution in [0.15, 0.2) is 18.2 Å². The second kappa shape index (κ2) is 6.89. The molecule has 1 aromatic carbocycles. The quantitative estimate of drug-likeness (QED) is 0.658. The second-order valence-electron chi connectivity index (χ2n) is 6.20. The molecule has 1 saturated carbocycles. The van der Waals surface area contributed by atoms with Gasteiger partial charge in [0.05, 0.1) is 17.6 Å². The molecule has 2 atom stereocenters. The number of hydrogen-bond acceptors (Lipinski definition) is 4. The fourth-order valence-corrected chi connectivity index (χ4v) is 3.27. The van der Waals surface area contributed by atoms with E-state index < -0.39 is 0 Å². The Bertz CT molecular complexity index is 494. The van der Waals surface area contributed by atoms with Crippen molar-refractivity contribution in [2.75, 3.05) is 12.4 Å². The van der Waals surface area contributed by atoms with E-state index in [0.717, 1.165) is 24.1 Å². The standard InChI is InChI=1S/C16H24N2O3/c1-11-6-12(2)8-15(7-11)21-10-13-9-14(18(19)20)4-5-16(13)17-3/h4-5,9,11-12,15,17H,6-8,10H2,1-3H3. The van der Waals surface area contributed by atoms with Crippen LogP contribution >= 0.6 is 0 Å². The largest absolute Gasteiger partial charge is 0.388 e. The summed E-state index contributed by atoms with van der Waals surface area (Å²) in [5, 5.41) is 14.0. The molecule has 1 aliphatic carbocycles. The van der Waals surface area contributed by atoms with Gasteiger partial charge in [-0.15, -0.1) is 0 Å². The minimum absolute atomic E-state index is 0.109. The van der Waals surface area contributed by atoms with Gasteiger partial charge in [-0.1, -0.05) is 13.8 Å². The minimum Gasteiger partial charge on any atom is -0.388 e. The smallest absolute Gasteiger partial charge is 0.269 e. The van der Waals surface area contributed by atoms with Crippen LogP contribution in [0.4, 0.5) is 11.4 Å². The molecular formula is C16H24N2O3. The van der Waals surface area contributed by atoms with E-state index in [0.29, 0.717) is 18.4 Å². The zero-order valence-electron chi connectivity index (χ0n) is 13.0. The molecule has 0 saturated heterocycles. The molecule has 1 N–H and O–H groups in total. The SMILES string of the molecule is CNc1ccc([N+](=O)[O-])cc1COC1CC(C)CC(C)C1. The Kier molecular flexibility index (Phi) is 5.17. The Hall–Kier alpha value is -1.62. The molecule has 0 heterocycles. The molecule has 2 rings (SSSR count). The Morgan fingerprint density at radius 1 is 1.29 bits per heavy atom. The number of nitro groups is 1. The normalized spacial score (nSPS) is 25.6. The first-order chi connectivity index (χ1) is 9.99. The van der Waals surface area contributed by atoms with Crippen molar-refractivity contribution in [3.05, 3.63) is 33.9 Å². The highest BCUT2D eigenvalue weighted by atomic mass is 16.6. The summed E-state index contributed by atoms with van der Waals surface area (Å²) in [5.74, 6) is 1.38. The van der Waals surface area contributed by atoms with Gasteiger partial charge in [-0.2, -0.15) is 0 Å². The fourth-order valence-electron chi connectivity index (χ4n) is 3.27. The number of ether oxygens (including phenoxy) is 1. The van der Waals surface area contributed by atoms with Gasteiger partial charge >= 0.3 is 0 Å². The topological polar surface area (TPSA) is 64.4 Å². The summed E-state index contributed by atoms with van der Waals surface area (Å²) in [6, 6.07) is 4.85. The van der Waals surface area contributed by atoms with Crippen LogP contribution in [0.3, 0.4) is 0 Å². The molecule has 21 heavy (non-hydrogen) atoms. The van der Waals surface area contributed by atoms with Crippen molar-refractivity contribution in [2.24, 2.45) is 11.8 Å².